The van der Waals surface area contributed by atoms with Gasteiger partial charge in [-0.1, -0.05) is 23.7 Å². The SMILES string of the molecule is O=C(COC(=O)c1ccccc1F)Nc1ccc(Cl)cn1. The standard InChI is InChI=1S/C14H10ClFN2O3/c15-9-5-6-12(17-7-9)18-13(19)8-21-14(20)10-3-1-2-4-11(10)16/h1-7H,8H2,(H,17,18,19). The highest BCUT2D eigenvalue weighted by Crippen LogP contribution is 2.10. The molecule has 0 radical (unpaired) electrons. The Hall–Kier alpha value is -2.47. The first kappa shape index (κ1) is 14.9. The molecular weight excluding hydrogens is 299 g/mol. The predicted molar refractivity (Wildman–Crippen MR) is 74.6 cm³/mol. The molecule has 0 saturated carbocycles. The van der Waals surface area contributed by atoms with E-state index in [-0.39, 0.29) is 11.4 Å². The Morgan fingerprint density at radius 1 is 1.24 bits per heavy atom. The normalized spacial score (nSPS) is 10.0. The van der Waals surface area contributed by atoms with Crippen LogP contribution in [-0.2, 0) is 9.53 Å². The zero-order chi connectivity index (χ0) is 15.2. The fourth-order valence-electron chi connectivity index (χ4n) is 1.46. The van der Waals surface area contributed by atoms with Crippen LogP contribution in [0.4, 0.5) is 10.2 Å². The number of esters is 1. The summed E-state index contributed by atoms with van der Waals surface area (Å²) in [4.78, 5) is 27.0. The lowest BCUT2D eigenvalue weighted by Crippen LogP contribution is -2.21. The molecule has 0 aliphatic rings. The van der Waals surface area contributed by atoms with Gasteiger partial charge in [0.1, 0.15) is 11.6 Å². The molecule has 2 rings (SSSR count). The number of benzene rings is 1. The van der Waals surface area contributed by atoms with E-state index in [0.29, 0.717) is 5.02 Å². The van der Waals surface area contributed by atoms with Gasteiger partial charge in [-0.3, -0.25) is 4.79 Å². The molecule has 0 fully saturated rings. The second-order valence-electron chi connectivity index (χ2n) is 3.97. The van der Waals surface area contributed by atoms with E-state index in [4.69, 9.17) is 16.3 Å². The van der Waals surface area contributed by atoms with E-state index >= 15 is 0 Å². The number of halogens is 2. The average Bonchev–Trinajstić information content (AvgIpc) is 2.48. The molecule has 0 atom stereocenters. The molecule has 0 unspecified atom stereocenters. The van der Waals surface area contributed by atoms with E-state index in [1.54, 1.807) is 6.07 Å². The Kier molecular flexibility index (Phi) is 4.84. The second kappa shape index (κ2) is 6.81. The number of pyridine rings is 1. The first-order valence-corrected chi connectivity index (χ1v) is 6.27. The third-order valence-electron chi connectivity index (χ3n) is 2.42. The molecule has 0 bridgehead atoms. The van der Waals surface area contributed by atoms with Crippen molar-refractivity contribution in [3.05, 3.63) is 59.0 Å². The van der Waals surface area contributed by atoms with Crippen molar-refractivity contribution in [2.24, 2.45) is 0 Å². The summed E-state index contributed by atoms with van der Waals surface area (Å²) >= 11 is 5.65. The van der Waals surface area contributed by atoms with E-state index in [9.17, 15) is 14.0 Å². The van der Waals surface area contributed by atoms with Crippen molar-refractivity contribution < 1.29 is 18.7 Å². The number of hydrogen-bond donors (Lipinski definition) is 1. The number of nitrogens with one attached hydrogen (secondary N) is 1. The van der Waals surface area contributed by atoms with Crippen molar-refractivity contribution in [2.75, 3.05) is 11.9 Å². The van der Waals surface area contributed by atoms with Crippen LogP contribution in [0.5, 0.6) is 0 Å². The van der Waals surface area contributed by atoms with Gasteiger partial charge in [0.15, 0.2) is 6.61 Å². The third kappa shape index (κ3) is 4.25. The number of carbonyl (C=O) groups excluding carboxylic acids is 2. The maximum Gasteiger partial charge on any atom is 0.341 e. The fraction of sp³-hybridized carbons (Fsp3) is 0.0714. The van der Waals surface area contributed by atoms with Crippen LogP contribution in [0.3, 0.4) is 0 Å². The summed E-state index contributed by atoms with van der Waals surface area (Å²) < 4.78 is 18.0. The Morgan fingerprint density at radius 2 is 2.00 bits per heavy atom. The molecular formula is C14H10ClFN2O3. The van der Waals surface area contributed by atoms with Crippen molar-refractivity contribution in [1.29, 1.82) is 0 Å². The first-order valence-electron chi connectivity index (χ1n) is 5.89. The summed E-state index contributed by atoms with van der Waals surface area (Å²) in [6.07, 6.45) is 1.36. The Labute approximate surface area is 124 Å². The van der Waals surface area contributed by atoms with Gasteiger partial charge in [-0.25, -0.2) is 14.2 Å². The van der Waals surface area contributed by atoms with Crippen LogP contribution in [0.2, 0.25) is 5.02 Å². The summed E-state index contributed by atoms with van der Waals surface area (Å²) in [6, 6.07) is 8.40. The molecule has 1 aromatic heterocycles. The maximum atomic E-state index is 13.3. The number of nitrogens with zero attached hydrogens (tertiary/aromatic N) is 1. The van der Waals surface area contributed by atoms with E-state index in [0.717, 1.165) is 6.07 Å². The molecule has 2 aromatic rings. The lowest BCUT2D eigenvalue weighted by molar-refractivity contribution is -0.119. The van der Waals surface area contributed by atoms with Crippen LogP contribution in [0.1, 0.15) is 10.4 Å². The molecule has 108 valence electrons. The summed E-state index contributed by atoms with van der Waals surface area (Å²) in [5.41, 5.74) is -0.227. The smallest absolute Gasteiger partial charge is 0.341 e. The van der Waals surface area contributed by atoms with Crippen LogP contribution in [0, 0.1) is 5.82 Å². The number of rotatable bonds is 4. The van der Waals surface area contributed by atoms with Crippen molar-refractivity contribution in [3.63, 3.8) is 0 Å². The fourth-order valence-corrected chi connectivity index (χ4v) is 1.58. The lowest BCUT2D eigenvalue weighted by atomic mass is 10.2. The van der Waals surface area contributed by atoms with E-state index in [1.165, 1.54) is 30.5 Å². The van der Waals surface area contributed by atoms with Crippen LogP contribution >= 0.6 is 11.6 Å². The minimum Gasteiger partial charge on any atom is -0.452 e. The molecule has 0 spiro atoms. The van der Waals surface area contributed by atoms with E-state index in [1.807, 2.05) is 0 Å². The number of amides is 1. The molecule has 0 saturated heterocycles. The molecule has 1 heterocycles. The zero-order valence-electron chi connectivity index (χ0n) is 10.7. The maximum absolute atomic E-state index is 13.3. The quantitative estimate of drug-likeness (QED) is 0.882. The predicted octanol–water partition coefficient (Wildman–Crippen LogP) is 2.67. The summed E-state index contributed by atoms with van der Waals surface area (Å²) in [5, 5.41) is 2.84. The number of anilines is 1. The molecule has 1 amide bonds. The Morgan fingerprint density at radius 3 is 2.67 bits per heavy atom. The van der Waals surface area contributed by atoms with Crippen LogP contribution in [0.15, 0.2) is 42.6 Å². The minimum absolute atomic E-state index is 0.227. The largest absolute Gasteiger partial charge is 0.452 e. The third-order valence-corrected chi connectivity index (χ3v) is 2.65. The molecule has 5 nitrogen and oxygen atoms in total. The van der Waals surface area contributed by atoms with E-state index < -0.39 is 24.3 Å². The van der Waals surface area contributed by atoms with Crippen molar-refractivity contribution >= 4 is 29.3 Å². The van der Waals surface area contributed by atoms with E-state index in [2.05, 4.69) is 10.3 Å². The Bertz CT molecular complexity index is 662. The molecule has 1 aromatic carbocycles. The van der Waals surface area contributed by atoms with Gasteiger partial charge in [0.25, 0.3) is 5.91 Å². The van der Waals surface area contributed by atoms with Crippen LogP contribution in [0.25, 0.3) is 0 Å². The molecule has 21 heavy (non-hydrogen) atoms. The molecule has 0 aliphatic heterocycles. The molecule has 7 heteroatoms. The van der Waals surface area contributed by atoms with Gasteiger partial charge in [0.05, 0.1) is 10.6 Å². The van der Waals surface area contributed by atoms with Gasteiger partial charge in [0, 0.05) is 6.20 Å². The van der Waals surface area contributed by atoms with Gasteiger partial charge in [-0.05, 0) is 24.3 Å². The number of hydrogen-bond acceptors (Lipinski definition) is 4. The highest BCUT2D eigenvalue weighted by Gasteiger charge is 2.14. The number of carbonyl (C=O) groups is 2. The summed E-state index contributed by atoms with van der Waals surface area (Å²) in [5.74, 6) is -1.93. The average molecular weight is 309 g/mol. The monoisotopic (exact) mass is 308 g/mol. The Balaban J connectivity index is 1.88. The van der Waals surface area contributed by atoms with Gasteiger partial charge >= 0.3 is 5.97 Å². The highest BCUT2D eigenvalue weighted by atomic mass is 35.5. The summed E-state index contributed by atoms with van der Waals surface area (Å²) in [6.45, 7) is -0.544. The number of aromatic nitrogens is 1. The highest BCUT2D eigenvalue weighted by molar-refractivity contribution is 6.30. The van der Waals surface area contributed by atoms with Crippen LogP contribution < -0.4 is 5.32 Å². The first-order chi connectivity index (χ1) is 10.1. The van der Waals surface area contributed by atoms with Crippen LogP contribution in [-0.4, -0.2) is 23.5 Å². The second-order valence-corrected chi connectivity index (χ2v) is 4.40. The summed E-state index contributed by atoms with van der Waals surface area (Å²) in [7, 11) is 0. The lowest BCUT2D eigenvalue weighted by Gasteiger charge is -2.06. The van der Waals surface area contributed by atoms with Crippen molar-refractivity contribution in [3.8, 4) is 0 Å². The topological polar surface area (TPSA) is 68.3 Å². The van der Waals surface area contributed by atoms with Crippen molar-refractivity contribution in [2.45, 2.75) is 0 Å². The van der Waals surface area contributed by atoms with Gasteiger partial charge in [-0.15, -0.1) is 0 Å². The van der Waals surface area contributed by atoms with Gasteiger partial charge in [0.2, 0.25) is 0 Å². The molecule has 0 aliphatic carbocycles. The van der Waals surface area contributed by atoms with Gasteiger partial charge in [-0.2, -0.15) is 0 Å². The van der Waals surface area contributed by atoms with Gasteiger partial charge < -0.3 is 10.1 Å². The minimum atomic E-state index is -0.910. The van der Waals surface area contributed by atoms with Crippen molar-refractivity contribution in [1.82, 2.24) is 4.98 Å². The zero-order valence-corrected chi connectivity index (χ0v) is 11.4. The number of ether oxygens (including phenoxy) is 1. The molecule has 1 N–H and O–H groups in total.